The van der Waals surface area contributed by atoms with Crippen LogP contribution < -0.4 is 5.32 Å². The highest BCUT2D eigenvalue weighted by Crippen LogP contribution is 2.24. The van der Waals surface area contributed by atoms with Crippen molar-refractivity contribution in [2.45, 2.75) is 18.2 Å². The van der Waals surface area contributed by atoms with E-state index in [1.54, 1.807) is 17.4 Å². The van der Waals surface area contributed by atoms with Crippen LogP contribution in [0.2, 0.25) is 5.02 Å². The lowest BCUT2D eigenvalue weighted by Crippen LogP contribution is -2.39. The number of rotatable bonds is 9. The molecule has 1 N–H and O–H groups in total. The van der Waals surface area contributed by atoms with Gasteiger partial charge in [-0.25, -0.2) is 13.4 Å². The largest absolute Gasteiger partial charge is 0.325 e. The van der Waals surface area contributed by atoms with Gasteiger partial charge in [0.15, 0.2) is 0 Å². The first kappa shape index (κ1) is 25.1. The minimum Gasteiger partial charge on any atom is -0.325 e. The lowest BCUT2D eigenvalue weighted by atomic mass is 10.1. The van der Waals surface area contributed by atoms with Crippen molar-refractivity contribution in [2.24, 2.45) is 0 Å². The topological polar surface area (TPSA) is 79.4 Å². The van der Waals surface area contributed by atoms with Crippen molar-refractivity contribution in [1.82, 2.24) is 9.29 Å². The summed E-state index contributed by atoms with van der Waals surface area (Å²) in [5.74, 6) is -0.429. The van der Waals surface area contributed by atoms with Crippen LogP contribution in [-0.2, 0) is 21.2 Å². The van der Waals surface area contributed by atoms with Crippen LogP contribution in [-0.4, -0.2) is 36.7 Å². The number of hydrogen-bond acceptors (Lipinski definition) is 5. The van der Waals surface area contributed by atoms with E-state index < -0.39 is 15.9 Å². The molecule has 4 aromatic rings. The zero-order valence-corrected chi connectivity index (χ0v) is 21.4. The molecule has 3 aromatic carbocycles. The third kappa shape index (κ3) is 6.55. The number of nitrogens with one attached hydrogen (secondary N) is 1. The molecule has 0 fully saturated rings. The number of aryl methyl sites for hydroxylation is 1. The summed E-state index contributed by atoms with van der Waals surface area (Å²) in [4.78, 5) is 17.5. The number of carbonyl (C=O) groups is 1. The molecule has 0 aliphatic rings. The second-order valence-corrected chi connectivity index (χ2v) is 11.3. The van der Waals surface area contributed by atoms with Gasteiger partial charge in [0.1, 0.15) is 0 Å². The Bertz CT molecular complexity index is 1410. The number of thiazole rings is 1. The molecule has 0 spiro atoms. The highest BCUT2D eigenvalue weighted by Gasteiger charge is 2.26. The average molecular weight is 526 g/mol. The minimum atomic E-state index is -3.92. The second kappa shape index (κ2) is 11.1. The maximum absolute atomic E-state index is 13.4. The summed E-state index contributed by atoms with van der Waals surface area (Å²) < 4.78 is 28.0. The number of benzene rings is 3. The van der Waals surface area contributed by atoms with Gasteiger partial charge in [0, 0.05) is 28.2 Å². The summed E-state index contributed by atoms with van der Waals surface area (Å²) in [7, 11) is -3.92. The molecule has 0 unspecified atom stereocenters. The van der Waals surface area contributed by atoms with E-state index in [0.29, 0.717) is 17.1 Å². The van der Waals surface area contributed by atoms with Crippen molar-refractivity contribution in [1.29, 1.82) is 0 Å². The molecule has 0 radical (unpaired) electrons. The summed E-state index contributed by atoms with van der Waals surface area (Å²) in [6, 6.07) is 22.8. The fraction of sp³-hybridized carbons (Fsp3) is 0.154. The monoisotopic (exact) mass is 525 g/mol. The molecule has 0 aliphatic carbocycles. The van der Waals surface area contributed by atoms with Crippen molar-refractivity contribution in [3.63, 3.8) is 0 Å². The van der Waals surface area contributed by atoms with E-state index in [2.05, 4.69) is 10.3 Å². The van der Waals surface area contributed by atoms with Crippen LogP contribution in [0.1, 0.15) is 10.6 Å². The Morgan fingerprint density at radius 3 is 2.46 bits per heavy atom. The minimum absolute atomic E-state index is 0.0867. The Balaban J connectivity index is 1.53. The number of amides is 1. The third-order valence-electron chi connectivity index (χ3n) is 5.33. The van der Waals surface area contributed by atoms with Crippen LogP contribution in [0.5, 0.6) is 0 Å². The Morgan fingerprint density at radius 2 is 1.77 bits per heavy atom. The maximum atomic E-state index is 13.4. The zero-order chi connectivity index (χ0) is 24.8. The number of sulfonamides is 1. The van der Waals surface area contributed by atoms with Crippen molar-refractivity contribution in [2.75, 3.05) is 18.4 Å². The Hall–Kier alpha value is -3.04. The third-order valence-corrected chi connectivity index (χ3v) is 8.21. The van der Waals surface area contributed by atoms with Crippen molar-refractivity contribution in [3.8, 4) is 11.3 Å². The number of nitrogens with zero attached hydrogens (tertiary/aromatic N) is 2. The van der Waals surface area contributed by atoms with Gasteiger partial charge in [0.05, 0.1) is 22.1 Å². The summed E-state index contributed by atoms with van der Waals surface area (Å²) in [6.07, 6.45) is 0.472. The zero-order valence-electron chi connectivity index (χ0n) is 19.0. The van der Waals surface area contributed by atoms with Gasteiger partial charge in [-0.05, 0) is 55.3 Å². The number of aromatic nitrogens is 1. The average Bonchev–Trinajstić information content (AvgIpc) is 3.29. The fourth-order valence-corrected chi connectivity index (χ4v) is 5.70. The molecule has 0 saturated heterocycles. The lowest BCUT2D eigenvalue weighted by Gasteiger charge is -2.22. The molecule has 0 atom stereocenters. The molecule has 35 heavy (non-hydrogen) atoms. The summed E-state index contributed by atoms with van der Waals surface area (Å²) in [6.45, 7) is 1.77. The van der Waals surface area contributed by atoms with Gasteiger partial charge in [0.2, 0.25) is 15.9 Å². The molecule has 4 rings (SSSR count). The molecule has 1 aromatic heterocycles. The van der Waals surface area contributed by atoms with E-state index in [0.717, 1.165) is 21.8 Å². The smallest absolute Gasteiger partial charge is 0.243 e. The van der Waals surface area contributed by atoms with Crippen LogP contribution in [0, 0.1) is 6.92 Å². The van der Waals surface area contributed by atoms with Crippen LogP contribution in [0.3, 0.4) is 0 Å². The van der Waals surface area contributed by atoms with Gasteiger partial charge in [-0.2, -0.15) is 4.31 Å². The second-order valence-electron chi connectivity index (χ2n) is 7.91. The van der Waals surface area contributed by atoms with E-state index in [4.69, 9.17) is 11.6 Å². The van der Waals surface area contributed by atoms with Crippen LogP contribution in [0.4, 0.5) is 5.69 Å². The highest BCUT2D eigenvalue weighted by molar-refractivity contribution is 7.89. The number of halogens is 1. The number of hydrogen-bond donors (Lipinski definition) is 1. The van der Waals surface area contributed by atoms with Gasteiger partial charge in [0.25, 0.3) is 0 Å². The van der Waals surface area contributed by atoms with Gasteiger partial charge in [-0.1, -0.05) is 54.1 Å². The van der Waals surface area contributed by atoms with E-state index in [9.17, 15) is 13.2 Å². The van der Waals surface area contributed by atoms with Gasteiger partial charge in [-0.15, -0.1) is 11.3 Å². The summed E-state index contributed by atoms with van der Waals surface area (Å²) in [5.41, 5.74) is 3.26. The highest BCUT2D eigenvalue weighted by atomic mass is 35.5. The van der Waals surface area contributed by atoms with E-state index in [1.807, 2.05) is 60.8 Å². The SMILES string of the molecule is Cc1nc(-c2cccc(NC(=O)CN(CCc3ccccc3)S(=O)(=O)c3ccc(Cl)cc3)c2)cs1. The molecular weight excluding hydrogens is 502 g/mol. The summed E-state index contributed by atoms with van der Waals surface area (Å²) >= 11 is 7.49. The number of carbonyl (C=O) groups excluding carboxylic acids is 1. The molecule has 9 heteroatoms. The van der Waals surface area contributed by atoms with Crippen LogP contribution in [0.15, 0.2) is 89.1 Å². The molecule has 0 saturated carbocycles. The van der Waals surface area contributed by atoms with Gasteiger partial charge < -0.3 is 5.32 Å². The quantitative estimate of drug-likeness (QED) is 0.306. The van der Waals surface area contributed by atoms with E-state index >= 15 is 0 Å². The van der Waals surface area contributed by atoms with Crippen LogP contribution in [0.25, 0.3) is 11.3 Å². The first-order valence-corrected chi connectivity index (χ1v) is 13.6. The Kier molecular flexibility index (Phi) is 7.97. The van der Waals surface area contributed by atoms with Gasteiger partial charge >= 0.3 is 0 Å². The summed E-state index contributed by atoms with van der Waals surface area (Å²) in [5, 5.41) is 6.18. The fourth-order valence-electron chi connectivity index (χ4n) is 3.55. The predicted octanol–water partition coefficient (Wildman–Crippen LogP) is 5.64. The molecule has 1 heterocycles. The van der Waals surface area contributed by atoms with E-state index in [-0.39, 0.29) is 18.0 Å². The van der Waals surface area contributed by atoms with Crippen molar-refractivity contribution < 1.29 is 13.2 Å². The van der Waals surface area contributed by atoms with Crippen LogP contribution >= 0.6 is 22.9 Å². The standard InChI is InChI=1S/C26H24ClN3O3S2/c1-19-28-25(18-34-19)21-8-5-9-23(16-21)29-26(31)17-30(15-14-20-6-3-2-4-7-20)35(32,33)24-12-10-22(27)11-13-24/h2-13,16,18H,14-15,17H2,1H3,(H,29,31). The van der Waals surface area contributed by atoms with Crippen molar-refractivity contribution in [3.05, 3.63) is 99.8 Å². The molecule has 1 amide bonds. The predicted molar refractivity (Wildman–Crippen MR) is 141 cm³/mol. The first-order valence-electron chi connectivity index (χ1n) is 10.9. The van der Waals surface area contributed by atoms with Gasteiger partial charge in [-0.3, -0.25) is 4.79 Å². The Labute approximate surface area is 214 Å². The normalized spacial score (nSPS) is 11.5. The van der Waals surface area contributed by atoms with E-state index in [1.165, 1.54) is 28.6 Å². The Morgan fingerprint density at radius 1 is 1.03 bits per heavy atom. The maximum Gasteiger partial charge on any atom is 0.243 e. The van der Waals surface area contributed by atoms with Crippen molar-refractivity contribution >= 4 is 44.6 Å². The first-order chi connectivity index (χ1) is 16.8. The molecule has 0 aliphatic heterocycles. The molecule has 0 bridgehead atoms. The molecule has 180 valence electrons. The number of anilines is 1. The lowest BCUT2D eigenvalue weighted by molar-refractivity contribution is -0.116. The molecule has 6 nitrogen and oxygen atoms in total. The molecular formula is C26H24ClN3O3S2.